The van der Waals surface area contributed by atoms with Crippen molar-refractivity contribution in [2.24, 2.45) is 0 Å². The molecule has 0 radical (unpaired) electrons. The molecule has 0 bridgehead atoms. The molecule has 1 heterocycles. The fourth-order valence-electron chi connectivity index (χ4n) is 3.33. The second kappa shape index (κ2) is 10.1. The number of hydrogen-bond acceptors (Lipinski definition) is 5. The van der Waals surface area contributed by atoms with Gasteiger partial charge in [-0.1, -0.05) is 23.2 Å². The van der Waals surface area contributed by atoms with Crippen molar-refractivity contribution >= 4 is 39.0 Å². The standard InChI is InChI=1S/C21H24Cl2N2O4S/c1-15(26)16-3-5-18(6-4-16)29-12-2-10-25-11-9-17(14-25)24-30(27,28)19-7-8-20(22)21(23)13-19/h3-8,13,17,24H,2,9-12,14H2,1H3. The molecule has 0 saturated carbocycles. The van der Waals surface area contributed by atoms with E-state index in [2.05, 4.69) is 9.62 Å². The zero-order valence-corrected chi connectivity index (χ0v) is 18.9. The van der Waals surface area contributed by atoms with E-state index in [0.29, 0.717) is 23.7 Å². The Morgan fingerprint density at radius 2 is 1.90 bits per heavy atom. The number of likely N-dealkylation sites (tertiary alicyclic amines) is 1. The van der Waals surface area contributed by atoms with E-state index in [0.717, 1.165) is 31.7 Å². The molecule has 6 nitrogen and oxygen atoms in total. The number of sulfonamides is 1. The number of nitrogens with zero attached hydrogens (tertiary/aromatic N) is 1. The number of carbonyl (C=O) groups is 1. The molecule has 1 aliphatic rings. The molecule has 0 spiro atoms. The number of nitrogens with one attached hydrogen (secondary N) is 1. The third-order valence-electron chi connectivity index (χ3n) is 4.94. The number of hydrogen-bond donors (Lipinski definition) is 1. The molecule has 3 rings (SSSR count). The number of benzene rings is 2. The Labute approximate surface area is 187 Å². The van der Waals surface area contributed by atoms with Gasteiger partial charge in [-0.15, -0.1) is 0 Å². The molecule has 1 unspecified atom stereocenters. The Morgan fingerprint density at radius 1 is 1.17 bits per heavy atom. The maximum atomic E-state index is 12.6. The molecule has 1 aliphatic heterocycles. The molecule has 0 amide bonds. The Bertz CT molecular complexity index is 997. The summed E-state index contributed by atoms with van der Waals surface area (Å²) in [7, 11) is -3.65. The fourth-order valence-corrected chi connectivity index (χ4v) is 4.98. The fraction of sp³-hybridized carbons (Fsp3) is 0.381. The van der Waals surface area contributed by atoms with Gasteiger partial charge in [0.15, 0.2) is 5.78 Å². The summed E-state index contributed by atoms with van der Waals surface area (Å²) in [5.74, 6) is 0.758. The van der Waals surface area contributed by atoms with Crippen LogP contribution in [0.3, 0.4) is 0 Å². The third kappa shape index (κ3) is 6.18. The third-order valence-corrected chi connectivity index (χ3v) is 7.20. The summed E-state index contributed by atoms with van der Waals surface area (Å²) >= 11 is 11.8. The highest BCUT2D eigenvalue weighted by Gasteiger charge is 2.27. The van der Waals surface area contributed by atoms with Crippen molar-refractivity contribution in [2.75, 3.05) is 26.2 Å². The topological polar surface area (TPSA) is 75.7 Å². The van der Waals surface area contributed by atoms with Gasteiger partial charge in [0.05, 0.1) is 21.5 Å². The maximum absolute atomic E-state index is 12.6. The first-order valence-electron chi connectivity index (χ1n) is 9.68. The number of Topliss-reactive ketones (excluding diaryl/α,β-unsaturated/α-hetero) is 1. The zero-order chi connectivity index (χ0) is 21.7. The van der Waals surface area contributed by atoms with E-state index in [9.17, 15) is 13.2 Å². The van der Waals surface area contributed by atoms with Crippen LogP contribution < -0.4 is 9.46 Å². The van der Waals surface area contributed by atoms with Crippen LogP contribution in [-0.4, -0.2) is 51.4 Å². The smallest absolute Gasteiger partial charge is 0.240 e. The van der Waals surface area contributed by atoms with E-state index in [-0.39, 0.29) is 21.7 Å². The predicted octanol–water partition coefficient (Wildman–Crippen LogP) is 4.02. The normalized spacial score (nSPS) is 17.2. The molecule has 0 aromatic heterocycles. The number of rotatable bonds is 9. The first-order valence-corrected chi connectivity index (χ1v) is 11.9. The molecular formula is C21H24Cl2N2O4S. The number of halogens is 2. The van der Waals surface area contributed by atoms with Crippen molar-refractivity contribution < 1.29 is 17.9 Å². The molecule has 1 saturated heterocycles. The van der Waals surface area contributed by atoms with Crippen LogP contribution in [0.15, 0.2) is 47.4 Å². The highest BCUT2D eigenvalue weighted by molar-refractivity contribution is 7.89. The van der Waals surface area contributed by atoms with Gasteiger partial charge in [-0.25, -0.2) is 13.1 Å². The molecule has 9 heteroatoms. The van der Waals surface area contributed by atoms with Crippen LogP contribution in [0.1, 0.15) is 30.1 Å². The van der Waals surface area contributed by atoms with E-state index < -0.39 is 10.0 Å². The lowest BCUT2D eigenvalue weighted by Gasteiger charge is -2.17. The van der Waals surface area contributed by atoms with E-state index in [1.165, 1.54) is 25.1 Å². The van der Waals surface area contributed by atoms with Crippen LogP contribution in [0.2, 0.25) is 10.0 Å². The minimum absolute atomic E-state index is 0.0277. The first kappa shape index (κ1) is 23.0. The second-order valence-electron chi connectivity index (χ2n) is 7.27. The van der Waals surface area contributed by atoms with Crippen LogP contribution in [0.25, 0.3) is 0 Å². The Hall–Kier alpha value is -1.64. The molecule has 162 valence electrons. The van der Waals surface area contributed by atoms with Crippen LogP contribution >= 0.6 is 23.2 Å². The molecule has 30 heavy (non-hydrogen) atoms. The predicted molar refractivity (Wildman–Crippen MR) is 118 cm³/mol. The molecular weight excluding hydrogens is 447 g/mol. The molecule has 0 aliphatic carbocycles. The average Bonchev–Trinajstić information content (AvgIpc) is 3.14. The lowest BCUT2D eigenvalue weighted by Crippen LogP contribution is -2.37. The number of carbonyl (C=O) groups excluding carboxylic acids is 1. The van der Waals surface area contributed by atoms with Crippen molar-refractivity contribution in [3.8, 4) is 5.75 Å². The molecule has 2 aromatic rings. The number of ketones is 1. The van der Waals surface area contributed by atoms with Gasteiger partial charge in [-0.3, -0.25) is 4.79 Å². The minimum atomic E-state index is -3.65. The molecule has 2 aromatic carbocycles. The SMILES string of the molecule is CC(=O)c1ccc(OCCCN2CCC(NS(=O)(=O)c3ccc(Cl)c(Cl)c3)C2)cc1. The van der Waals surface area contributed by atoms with Gasteiger partial charge >= 0.3 is 0 Å². The van der Waals surface area contributed by atoms with Crippen molar-refractivity contribution in [1.82, 2.24) is 9.62 Å². The maximum Gasteiger partial charge on any atom is 0.240 e. The monoisotopic (exact) mass is 470 g/mol. The summed E-state index contributed by atoms with van der Waals surface area (Å²) in [6, 6.07) is 11.2. The highest BCUT2D eigenvalue weighted by Crippen LogP contribution is 2.25. The molecule has 1 N–H and O–H groups in total. The van der Waals surface area contributed by atoms with E-state index in [1.807, 2.05) is 0 Å². The highest BCUT2D eigenvalue weighted by atomic mass is 35.5. The van der Waals surface area contributed by atoms with Crippen LogP contribution in [-0.2, 0) is 10.0 Å². The number of ether oxygens (including phenoxy) is 1. The minimum Gasteiger partial charge on any atom is -0.494 e. The molecule has 1 fully saturated rings. The summed E-state index contributed by atoms with van der Waals surface area (Å²) in [5, 5.41) is 0.531. The van der Waals surface area contributed by atoms with E-state index in [4.69, 9.17) is 27.9 Å². The Morgan fingerprint density at radius 3 is 2.57 bits per heavy atom. The average molecular weight is 471 g/mol. The van der Waals surface area contributed by atoms with Crippen LogP contribution in [0.4, 0.5) is 0 Å². The Kier molecular flexibility index (Phi) is 7.76. The van der Waals surface area contributed by atoms with Crippen LogP contribution in [0.5, 0.6) is 5.75 Å². The summed E-state index contributed by atoms with van der Waals surface area (Å²) in [5.41, 5.74) is 0.661. The quantitative estimate of drug-likeness (QED) is 0.442. The van der Waals surface area contributed by atoms with Crippen molar-refractivity contribution in [3.63, 3.8) is 0 Å². The van der Waals surface area contributed by atoms with Gasteiger partial charge in [0.25, 0.3) is 0 Å². The van der Waals surface area contributed by atoms with Crippen molar-refractivity contribution in [1.29, 1.82) is 0 Å². The van der Waals surface area contributed by atoms with Crippen molar-refractivity contribution in [2.45, 2.75) is 30.7 Å². The largest absolute Gasteiger partial charge is 0.494 e. The summed E-state index contributed by atoms with van der Waals surface area (Å²) in [6.07, 6.45) is 1.56. The van der Waals surface area contributed by atoms with E-state index >= 15 is 0 Å². The van der Waals surface area contributed by atoms with Gasteiger partial charge in [-0.05, 0) is 68.8 Å². The first-order chi connectivity index (χ1) is 14.2. The van der Waals surface area contributed by atoms with Gasteiger partial charge in [0.1, 0.15) is 5.75 Å². The van der Waals surface area contributed by atoms with Gasteiger partial charge < -0.3 is 9.64 Å². The van der Waals surface area contributed by atoms with Crippen LogP contribution in [0, 0.1) is 0 Å². The van der Waals surface area contributed by atoms with Crippen molar-refractivity contribution in [3.05, 3.63) is 58.1 Å². The lowest BCUT2D eigenvalue weighted by molar-refractivity contribution is 0.101. The summed E-state index contributed by atoms with van der Waals surface area (Å²) in [4.78, 5) is 13.6. The molecule has 1 atom stereocenters. The van der Waals surface area contributed by atoms with Gasteiger partial charge in [-0.2, -0.15) is 0 Å². The summed E-state index contributed by atoms with van der Waals surface area (Å²) in [6.45, 7) is 4.37. The zero-order valence-electron chi connectivity index (χ0n) is 16.6. The Balaban J connectivity index is 1.42. The second-order valence-corrected chi connectivity index (χ2v) is 9.79. The lowest BCUT2D eigenvalue weighted by atomic mass is 10.1. The van der Waals surface area contributed by atoms with Gasteiger partial charge in [0.2, 0.25) is 10.0 Å². The summed E-state index contributed by atoms with van der Waals surface area (Å²) < 4.78 is 33.6. The van der Waals surface area contributed by atoms with E-state index in [1.54, 1.807) is 24.3 Å². The van der Waals surface area contributed by atoms with Gasteiger partial charge in [0, 0.05) is 24.7 Å².